The van der Waals surface area contributed by atoms with Crippen LogP contribution >= 0.6 is 0 Å². The van der Waals surface area contributed by atoms with E-state index in [2.05, 4.69) is 23.8 Å². The number of nitrogens with zero attached hydrogens (tertiary/aromatic N) is 2. The molecule has 1 aromatic heterocycles. The minimum Gasteiger partial charge on any atom is -0.476 e. The summed E-state index contributed by atoms with van der Waals surface area (Å²) < 4.78 is 11.5. The normalized spacial score (nSPS) is 26.2. The molecule has 1 heterocycles. The van der Waals surface area contributed by atoms with Crippen molar-refractivity contribution in [1.82, 2.24) is 9.97 Å². The van der Waals surface area contributed by atoms with Gasteiger partial charge >= 0.3 is 0 Å². The Hall–Kier alpha value is -1.52. The SMILES string of the molecule is CCCOc1ncnc(OC2CC(C)CC(C)C2)c1N. The molecule has 0 amide bonds. The fourth-order valence-corrected chi connectivity index (χ4v) is 2.90. The second-order valence-corrected chi connectivity index (χ2v) is 5.90. The molecule has 1 aliphatic rings. The maximum Gasteiger partial charge on any atom is 0.244 e. The first-order chi connectivity index (χ1) is 9.60. The lowest BCUT2D eigenvalue weighted by Gasteiger charge is -2.31. The van der Waals surface area contributed by atoms with Gasteiger partial charge in [-0.2, -0.15) is 9.97 Å². The summed E-state index contributed by atoms with van der Waals surface area (Å²) in [6.45, 7) is 7.17. The second-order valence-electron chi connectivity index (χ2n) is 5.90. The Labute approximate surface area is 120 Å². The fourth-order valence-electron chi connectivity index (χ4n) is 2.90. The highest BCUT2D eigenvalue weighted by molar-refractivity contribution is 5.55. The third kappa shape index (κ3) is 3.74. The Morgan fingerprint density at radius 1 is 1.15 bits per heavy atom. The van der Waals surface area contributed by atoms with Crippen molar-refractivity contribution in [1.29, 1.82) is 0 Å². The van der Waals surface area contributed by atoms with Crippen molar-refractivity contribution in [2.45, 2.75) is 52.6 Å². The minimum absolute atomic E-state index is 0.185. The number of nitrogens with two attached hydrogens (primary N) is 1. The van der Waals surface area contributed by atoms with Gasteiger partial charge in [-0.25, -0.2) is 0 Å². The Kier molecular flexibility index (Phi) is 5.04. The molecule has 2 rings (SSSR count). The maximum absolute atomic E-state index is 6.04. The highest BCUT2D eigenvalue weighted by Gasteiger charge is 2.26. The van der Waals surface area contributed by atoms with Gasteiger partial charge in [-0.1, -0.05) is 20.8 Å². The Morgan fingerprint density at radius 2 is 1.80 bits per heavy atom. The molecule has 2 atom stereocenters. The molecule has 112 valence electrons. The zero-order valence-corrected chi connectivity index (χ0v) is 12.6. The van der Waals surface area contributed by atoms with Gasteiger partial charge in [0.15, 0.2) is 5.69 Å². The fraction of sp³-hybridized carbons (Fsp3) is 0.733. The van der Waals surface area contributed by atoms with Gasteiger partial charge in [0.05, 0.1) is 6.61 Å². The summed E-state index contributed by atoms with van der Waals surface area (Å²) in [5.41, 5.74) is 6.44. The first-order valence-corrected chi connectivity index (χ1v) is 7.50. The molecule has 5 heteroatoms. The Bertz CT molecular complexity index is 429. The molecule has 0 saturated heterocycles. The van der Waals surface area contributed by atoms with Crippen molar-refractivity contribution in [2.75, 3.05) is 12.3 Å². The van der Waals surface area contributed by atoms with Crippen LogP contribution in [0.5, 0.6) is 11.8 Å². The molecule has 0 aromatic carbocycles. The average Bonchev–Trinajstić information content (AvgIpc) is 2.38. The predicted molar refractivity (Wildman–Crippen MR) is 78.8 cm³/mol. The standard InChI is InChI=1S/C15H25N3O2/c1-4-5-19-14-13(16)15(18-9-17-14)20-12-7-10(2)6-11(3)8-12/h9-12H,4-8,16H2,1-3H3. The number of nitrogen functional groups attached to an aromatic ring is 1. The van der Waals surface area contributed by atoms with Crippen LogP contribution in [0.1, 0.15) is 46.5 Å². The van der Waals surface area contributed by atoms with E-state index < -0.39 is 0 Å². The largest absolute Gasteiger partial charge is 0.476 e. The molecular formula is C15H25N3O2. The van der Waals surface area contributed by atoms with Crippen LogP contribution in [0, 0.1) is 11.8 Å². The van der Waals surface area contributed by atoms with Crippen molar-refractivity contribution in [2.24, 2.45) is 11.8 Å². The Balaban J connectivity index is 2.05. The van der Waals surface area contributed by atoms with Gasteiger partial charge in [0, 0.05) is 0 Å². The molecule has 1 aliphatic carbocycles. The third-order valence-corrected chi connectivity index (χ3v) is 3.67. The zero-order valence-electron chi connectivity index (χ0n) is 12.6. The van der Waals surface area contributed by atoms with Gasteiger partial charge in [0.2, 0.25) is 11.8 Å². The smallest absolute Gasteiger partial charge is 0.244 e. The lowest BCUT2D eigenvalue weighted by Crippen LogP contribution is -2.29. The summed E-state index contributed by atoms with van der Waals surface area (Å²) in [5, 5.41) is 0. The van der Waals surface area contributed by atoms with E-state index in [1.54, 1.807) is 0 Å². The molecular weight excluding hydrogens is 254 g/mol. The molecule has 1 saturated carbocycles. The van der Waals surface area contributed by atoms with Crippen molar-refractivity contribution >= 4 is 5.69 Å². The third-order valence-electron chi connectivity index (χ3n) is 3.67. The van der Waals surface area contributed by atoms with Gasteiger partial charge in [0.1, 0.15) is 12.4 Å². The van der Waals surface area contributed by atoms with Crippen LogP contribution in [0.25, 0.3) is 0 Å². The lowest BCUT2D eigenvalue weighted by atomic mass is 9.82. The summed E-state index contributed by atoms with van der Waals surface area (Å²) in [5.74, 6) is 2.25. The number of ether oxygens (including phenoxy) is 2. The number of anilines is 1. The molecule has 1 aromatic rings. The van der Waals surface area contributed by atoms with Crippen LogP contribution in [-0.4, -0.2) is 22.7 Å². The monoisotopic (exact) mass is 279 g/mol. The van der Waals surface area contributed by atoms with Crippen LogP contribution in [0.15, 0.2) is 6.33 Å². The van der Waals surface area contributed by atoms with Crippen LogP contribution in [0.4, 0.5) is 5.69 Å². The van der Waals surface area contributed by atoms with E-state index in [0.29, 0.717) is 35.9 Å². The van der Waals surface area contributed by atoms with E-state index >= 15 is 0 Å². The van der Waals surface area contributed by atoms with Crippen LogP contribution in [0.2, 0.25) is 0 Å². The number of rotatable bonds is 5. The quantitative estimate of drug-likeness (QED) is 0.897. The van der Waals surface area contributed by atoms with Crippen molar-refractivity contribution < 1.29 is 9.47 Å². The van der Waals surface area contributed by atoms with Crippen molar-refractivity contribution in [3.8, 4) is 11.8 Å². The van der Waals surface area contributed by atoms with E-state index in [1.165, 1.54) is 12.7 Å². The summed E-state index contributed by atoms with van der Waals surface area (Å²) in [7, 11) is 0. The molecule has 0 radical (unpaired) electrons. The van der Waals surface area contributed by atoms with Crippen molar-refractivity contribution in [3.05, 3.63) is 6.33 Å². The second kappa shape index (κ2) is 6.77. The number of hydrogen-bond donors (Lipinski definition) is 1. The lowest BCUT2D eigenvalue weighted by molar-refractivity contribution is 0.0969. The topological polar surface area (TPSA) is 70.3 Å². The van der Waals surface area contributed by atoms with Gasteiger partial charge < -0.3 is 15.2 Å². The minimum atomic E-state index is 0.185. The molecule has 5 nitrogen and oxygen atoms in total. The van der Waals surface area contributed by atoms with E-state index in [1.807, 2.05) is 6.92 Å². The molecule has 2 unspecified atom stereocenters. The van der Waals surface area contributed by atoms with E-state index in [4.69, 9.17) is 15.2 Å². The maximum atomic E-state index is 6.04. The van der Waals surface area contributed by atoms with E-state index in [0.717, 1.165) is 19.3 Å². The predicted octanol–water partition coefficient (Wildman–Crippen LogP) is 3.05. The van der Waals surface area contributed by atoms with Gasteiger partial charge in [-0.15, -0.1) is 0 Å². The molecule has 0 spiro atoms. The number of hydrogen-bond acceptors (Lipinski definition) is 5. The average molecular weight is 279 g/mol. The van der Waals surface area contributed by atoms with Gasteiger partial charge in [0.25, 0.3) is 0 Å². The summed E-state index contributed by atoms with van der Waals surface area (Å²) >= 11 is 0. The molecule has 0 bridgehead atoms. The van der Waals surface area contributed by atoms with E-state index in [9.17, 15) is 0 Å². The molecule has 20 heavy (non-hydrogen) atoms. The summed E-state index contributed by atoms with van der Waals surface area (Å²) in [4.78, 5) is 8.21. The first-order valence-electron chi connectivity index (χ1n) is 7.50. The van der Waals surface area contributed by atoms with Crippen LogP contribution in [-0.2, 0) is 0 Å². The van der Waals surface area contributed by atoms with Crippen molar-refractivity contribution in [3.63, 3.8) is 0 Å². The van der Waals surface area contributed by atoms with Crippen LogP contribution in [0.3, 0.4) is 0 Å². The van der Waals surface area contributed by atoms with E-state index in [-0.39, 0.29) is 6.10 Å². The first kappa shape index (κ1) is 14.9. The highest BCUT2D eigenvalue weighted by atomic mass is 16.5. The highest BCUT2D eigenvalue weighted by Crippen LogP contribution is 2.34. The van der Waals surface area contributed by atoms with Gasteiger partial charge in [-0.3, -0.25) is 0 Å². The van der Waals surface area contributed by atoms with Crippen LogP contribution < -0.4 is 15.2 Å². The molecule has 0 aliphatic heterocycles. The molecule has 2 N–H and O–H groups in total. The Morgan fingerprint density at radius 3 is 2.45 bits per heavy atom. The summed E-state index contributed by atoms with van der Waals surface area (Å²) in [6, 6.07) is 0. The molecule has 1 fully saturated rings. The number of aromatic nitrogens is 2. The summed E-state index contributed by atoms with van der Waals surface area (Å²) in [6.07, 6.45) is 5.93. The van der Waals surface area contributed by atoms with Gasteiger partial charge in [-0.05, 0) is 37.5 Å². The zero-order chi connectivity index (χ0) is 14.5.